The van der Waals surface area contributed by atoms with Crippen molar-refractivity contribution in [2.24, 2.45) is 7.05 Å². The van der Waals surface area contributed by atoms with Gasteiger partial charge in [-0.2, -0.15) is 0 Å². The number of aliphatic hydroxyl groups is 1. The first kappa shape index (κ1) is 13.3. The molecule has 0 aliphatic carbocycles. The molecule has 0 bridgehead atoms. The molecule has 96 valence electrons. The van der Waals surface area contributed by atoms with Crippen molar-refractivity contribution in [1.29, 1.82) is 0 Å². The van der Waals surface area contributed by atoms with Crippen LogP contribution in [-0.4, -0.2) is 27.2 Å². The minimum absolute atomic E-state index is 0.486. The standard InChI is InChI=1S/C11H11BrClN3O2/c1-16-9(11(12)14-15-16)10(17)7-5-6(13)3-4-8(7)18-2/h3-5,10,17H,1-2H3. The second-order valence-electron chi connectivity index (χ2n) is 3.68. The molecule has 1 aromatic carbocycles. The highest BCUT2D eigenvalue weighted by molar-refractivity contribution is 9.10. The summed E-state index contributed by atoms with van der Waals surface area (Å²) in [5, 5.41) is 18.6. The average molecular weight is 333 g/mol. The minimum atomic E-state index is -0.923. The first-order chi connectivity index (χ1) is 8.54. The molecule has 0 saturated carbocycles. The molecule has 1 N–H and O–H groups in total. The zero-order valence-corrected chi connectivity index (χ0v) is 12.1. The molecule has 1 atom stereocenters. The first-order valence-electron chi connectivity index (χ1n) is 5.11. The van der Waals surface area contributed by atoms with E-state index >= 15 is 0 Å². The average Bonchev–Trinajstić information content (AvgIpc) is 2.68. The molecule has 0 radical (unpaired) electrons. The minimum Gasteiger partial charge on any atom is -0.496 e. The van der Waals surface area contributed by atoms with Gasteiger partial charge < -0.3 is 9.84 Å². The van der Waals surface area contributed by atoms with Crippen LogP contribution in [0.4, 0.5) is 0 Å². The molecule has 1 heterocycles. The molecule has 0 spiro atoms. The molecule has 2 aromatic rings. The van der Waals surface area contributed by atoms with Crippen LogP contribution < -0.4 is 4.74 Å². The summed E-state index contributed by atoms with van der Waals surface area (Å²) in [6, 6.07) is 5.07. The summed E-state index contributed by atoms with van der Waals surface area (Å²) < 4.78 is 7.20. The maximum Gasteiger partial charge on any atom is 0.154 e. The molecule has 18 heavy (non-hydrogen) atoms. The molecule has 7 heteroatoms. The number of nitrogens with zero attached hydrogens (tertiary/aromatic N) is 3. The number of halogens is 2. The summed E-state index contributed by atoms with van der Waals surface area (Å²) in [5.74, 6) is 0.556. The first-order valence-corrected chi connectivity index (χ1v) is 6.28. The Kier molecular flexibility index (Phi) is 3.89. The Hall–Kier alpha value is -1.11. The van der Waals surface area contributed by atoms with Crippen molar-refractivity contribution >= 4 is 27.5 Å². The monoisotopic (exact) mass is 331 g/mol. The van der Waals surface area contributed by atoms with Crippen molar-refractivity contribution in [3.63, 3.8) is 0 Å². The van der Waals surface area contributed by atoms with Crippen LogP contribution in [0.3, 0.4) is 0 Å². The van der Waals surface area contributed by atoms with Crippen molar-refractivity contribution in [1.82, 2.24) is 15.0 Å². The van der Waals surface area contributed by atoms with Crippen LogP contribution in [0.15, 0.2) is 22.8 Å². The normalized spacial score (nSPS) is 12.5. The molecule has 5 nitrogen and oxygen atoms in total. The van der Waals surface area contributed by atoms with Gasteiger partial charge in [0.15, 0.2) is 4.60 Å². The summed E-state index contributed by atoms with van der Waals surface area (Å²) in [4.78, 5) is 0. The van der Waals surface area contributed by atoms with Crippen LogP contribution in [0, 0.1) is 0 Å². The van der Waals surface area contributed by atoms with Crippen molar-refractivity contribution in [2.75, 3.05) is 7.11 Å². The zero-order chi connectivity index (χ0) is 13.3. The van der Waals surface area contributed by atoms with Gasteiger partial charge in [0, 0.05) is 17.6 Å². The lowest BCUT2D eigenvalue weighted by Gasteiger charge is -2.15. The molecule has 0 aliphatic rings. The fraction of sp³-hybridized carbons (Fsp3) is 0.273. The molecule has 1 aromatic heterocycles. The third-order valence-corrected chi connectivity index (χ3v) is 3.37. The van der Waals surface area contributed by atoms with Gasteiger partial charge in [-0.05, 0) is 34.1 Å². The van der Waals surface area contributed by atoms with Crippen LogP contribution in [0.2, 0.25) is 5.02 Å². The van der Waals surface area contributed by atoms with Gasteiger partial charge in [0.1, 0.15) is 17.5 Å². The lowest BCUT2D eigenvalue weighted by atomic mass is 10.1. The Morgan fingerprint density at radius 2 is 2.22 bits per heavy atom. The Bertz CT molecular complexity index is 554. The lowest BCUT2D eigenvalue weighted by Crippen LogP contribution is -2.08. The fourth-order valence-electron chi connectivity index (χ4n) is 1.70. The van der Waals surface area contributed by atoms with E-state index < -0.39 is 6.10 Å². The van der Waals surface area contributed by atoms with Crippen molar-refractivity contribution in [3.8, 4) is 5.75 Å². The smallest absolute Gasteiger partial charge is 0.154 e. The number of aryl methyl sites for hydroxylation is 1. The molecule has 0 amide bonds. The van der Waals surface area contributed by atoms with Crippen LogP contribution >= 0.6 is 27.5 Å². The number of rotatable bonds is 3. The topological polar surface area (TPSA) is 60.2 Å². The molecule has 1 unspecified atom stereocenters. The highest BCUT2D eigenvalue weighted by Crippen LogP contribution is 2.34. The largest absolute Gasteiger partial charge is 0.496 e. The van der Waals surface area contributed by atoms with E-state index in [9.17, 15) is 5.11 Å². The van der Waals surface area contributed by atoms with Gasteiger partial charge in [0.25, 0.3) is 0 Å². The number of methoxy groups -OCH3 is 1. The molecular weight excluding hydrogens is 321 g/mol. The van der Waals surface area contributed by atoms with Gasteiger partial charge >= 0.3 is 0 Å². The van der Waals surface area contributed by atoms with Crippen LogP contribution in [0.1, 0.15) is 17.4 Å². The Morgan fingerprint density at radius 1 is 1.50 bits per heavy atom. The van der Waals surface area contributed by atoms with E-state index in [1.807, 2.05) is 0 Å². The summed E-state index contributed by atoms with van der Waals surface area (Å²) >= 11 is 9.19. The maximum absolute atomic E-state index is 10.4. The van der Waals surface area contributed by atoms with E-state index in [0.717, 1.165) is 0 Å². The van der Waals surface area contributed by atoms with E-state index in [4.69, 9.17) is 16.3 Å². The van der Waals surface area contributed by atoms with Crippen molar-refractivity contribution in [3.05, 3.63) is 39.1 Å². The van der Waals surface area contributed by atoms with E-state index in [0.29, 0.717) is 26.6 Å². The number of hydrogen-bond donors (Lipinski definition) is 1. The number of hydrogen-bond acceptors (Lipinski definition) is 4. The Morgan fingerprint density at radius 3 is 2.78 bits per heavy atom. The van der Waals surface area contributed by atoms with E-state index in [-0.39, 0.29) is 0 Å². The predicted molar refractivity (Wildman–Crippen MR) is 70.8 cm³/mol. The van der Waals surface area contributed by atoms with Gasteiger partial charge in [-0.15, -0.1) is 5.10 Å². The molecule has 2 rings (SSSR count). The highest BCUT2D eigenvalue weighted by atomic mass is 79.9. The Labute approximate surface area is 117 Å². The van der Waals surface area contributed by atoms with Crippen LogP contribution in [-0.2, 0) is 7.05 Å². The summed E-state index contributed by atoms with van der Waals surface area (Å²) in [5.41, 5.74) is 1.10. The number of aliphatic hydroxyl groups excluding tert-OH is 1. The summed E-state index contributed by atoms with van der Waals surface area (Å²) in [6.07, 6.45) is -0.923. The third kappa shape index (κ3) is 2.36. The molecular formula is C11H11BrClN3O2. The number of aromatic nitrogens is 3. The van der Waals surface area contributed by atoms with Gasteiger partial charge in [0.2, 0.25) is 0 Å². The summed E-state index contributed by atoms with van der Waals surface area (Å²) in [6.45, 7) is 0. The second-order valence-corrected chi connectivity index (χ2v) is 4.87. The number of benzene rings is 1. The van der Waals surface area contributed by atoms with E-state index in [1.165, 1.54) is 11.8 Å². The Balaban J connectivity index is 2.51. The van der Waals surface area contributed by atoms with Gasteiger partial charge in [-0.25, -0.2) is 4.68 Å². The van der Waals surface area contributed by atoms with E-state index in [1.54, 1.807) is 25.2 Å². The quantitative estimate of drug-likeness (QED) is 0.937. The summed E-state index contributed by atoms with van der Waals surface area (Å²) in [7, 11) is 3.24. The fourth-order valence-corrected chi connectivity index (χ4v) is 2.42. The van der Waals surface area contributed by atoms with Crippen LogP contribution in [0.25, 0.3) is 0 Å². The predicted octanol–water partition coefficient (Wildman–Crippen LogP) is 2.32. The second kappa shape index (κ2) is 5.26. The molecule has 0 aliphatic heterocycles. The van der Waals surface area contributed by atoms with Gasteiger partial charge in [0.05, 0.1) is 7.11 Å². The third-order valence-electron chi connectivity index (χ3n) is 2.57. The number of ether oxygens (including phenoxy) is 1. The molecule has 0 fully saturated rings. The van der Waals surface area contributed by atoms with E-state index in [2.05, 4.69) is 26.2 Å². The molecule has 0 saturated heterocycles. The van der Waals surface area contributed by atoms with Crippen LogP contribution in [0.5, 0.6) is 5.75 Å². The lowest BCUT2D eigenvalue weighted by molar-refractivity contribution is 0.204. The highest BCUT2D eigenvalue weighted by Gasteiger charge is 2.22. The van der Waals surface area contributed by atoms with Crippen molar-refractivity contribution in [2.45, 2.75) is 6.10 Å². The van der Waals surface area contributed by atoms with Crippen molar-refractivity contribution < 1.29 is 9.84 Å². The van der Waals surface area contributed by atoms with Gasteiger partial charge in [-0.1, -0.05) is 16.8 Å². The maximum atomic E-state index is 10.4. The van der Waals surface area contributed by atoms with Gasteiger partial charge in [-0.3, -0.25) is 0 Å². The SMILES string of the molecule is COc1ccc(Cl)cc1C(O)c1c(Br)nnn1C. The zero-order valence-electron chi connectivity index (χ0n) is 9.76.